The molecular weight excluding hydrogens is 268 g/mol. The fourth-order valence-electron chi connectivity index (χ4n) is 1.34. The molecule has 0 N–H and O–H groups in total. The Morgan fingerprint density at radius 1 is 1.38 bits per heavy atom. The van der Waals surface area contributed by atoms with Crippen molar-refractivity contribution in [3.8, 4) is 5.75 Å². The van der Waals surface area contributed by atoms with Gasteiger partial charge in [0.05, 0.1) is 6.20 Å². The lowest BCUT2D eigenvalue weighted by atomic mass is 10.3. The van der Waals surface area contributed by atoms with Crippen molar-refractivity contribution in [3.63, 3.8) is 0 Å². The molecule has 0 spiro atoms. The summed E-state index contributed by atoms with van der Waals surface area (Å²) in [6.45, 7) is 7.86. The summed E-state index contributed by atoms with van der Waals surface area (Å²) in [5.41, 5.74) is 0.640. The van der Waals surface area contributed by atoms with E-state index >= 15 is 0 Å². The van der Waals surface area contributed by atoms with Gasteiger partial charge >= 0.3 is 0 Å². The van der Waals surface area contributed by atoms with E-state index in [0.29, 0.717) is 17.9 Å². The van der Waals surface area contributed by atoms with Gasteiger partial charge in [-0.15, -0.1) is 5.06 Å². The van der Waals surface area contributed by atoms with Crippen LogP contribution in [0, 0.1) is 0 Å². The molecule has 112 valence electrons. The molecule has 0 saturated carbocycles. The molecule has 1 aromatic rings. The highest BCUT2D eigenvalue weighted by Gasteiger charge is 2.08. The lowest BCUT2D eigenvalue weighted by molar-refractivity contribution is -0.145. The first-order valence-corrected chi connectivity index (χ1v) is 6.62. The topological polar surface area (TPSA) is 51.1 Å². The van der Waals surface area contributed by atoms with Gasteiger partial charge in [0.25, 0.3) is 5.91 Å². The second-order valence-electron chi connectivity index (χ2n) is 4.02. The summed E-state index contributed by atoms with van der Waals surface area (Å²) in [6, 6.07) is 9.06. The SMILES string of the molecule is C=C/C(C=NCOCC)=C/N(Oc1ccccc1)C(C)=O. The van der Waals surface area contributed by atoms with E-state index < -0.39 is 0 Å². The molecule has 0 aromatic heterocycles. The van der Waals surface area contributed by atoms with Gasteiger partial charge in [-0.3, -0.25) is 9.79 Å². The van der Waals surface area contributed by atoms with E-state index in [2.05, 4.69) is 11.6 Å². The maximum atomic E-state index is 11.6. The number of rotatable bonds is 8. The van der Waals surface area contributed by atoms with Gasteiger partial charge in [-0.25, -0.2) is 0 Å². The molecule has 5 heteroatoms. The second-order valence-corrected chi connectivity index (χ2v) is 4.02. The molecule has 0 saturated heterocycles. The fourth-order valence-corrected chi connectivity index (χ4v) is 1.34. The monoisotopic (exact) mass is 288 g/mol. The molecule has 0 unspecified atom stereocenters. The van der Waals surface area contributed by atoms with Gasteiger partial charge in [0, 0.05) is 25.3 Å². The van der Waals surface area contributed by atoms with Crippen LogP contribution in [0.3, 0.4) is 0 Å². The maximum absolute atomic E-state index is 11.6. The van der Waals surface area contributed by atoms with Crippen LogP contribution >= 0.6 is 0 Å². The van der Waals surface area contributed by atoms with Gasteiger partial charge in [-0.1, -0.05) is 30.9 Å². The van der Waals surface area contributed by atoms with E-state index in [9.17, 15) is 4.79 Å². The first-order valence-electron chi connectivity index (χ1n) is 6.62. The first kappa shape index (κ1) is 16.7. The molecule has 0 radical (unpaired) electrons. The van der Waals surface area contributed by atoms with Crippen molar-refractivity contribution >= 4 is 12.1 Å². The fraction of sp³-hybridized carbons (Fsp3) is 0.250. The Hall–Kier alpha value is -2.40. The van der Waals surface area contributed by atoms with Crippen molar-refractivity contribution in [2.45, 2.75) is 13.8 Å². The van der Waals surface area contributed by atoms with Crippen LogP contribution in [0.2, 0.25) is 0 Å². The molecule has 0 aliphatic carbocycles. The molecule has 0 bridgehead atoms. The molecule has 0 aliphatic rings. The number of para-hydroxylation sites is 1. The summed E-state index contributed by atoms with van der Waals surface area (Å²) >= 11 is 0. The predicted octanol–water partition coefficient (Wildman–Crippen LogP) is 2.96. The van der Waals surface area contributed by atoms with Crippen molar-refractivity contribution in [3.05, 3.63) is 54.8 Å². The zero-order valence-corrected chi connectivity index (χ0v) is 12.4. The lowest BCUT2D eigenvalue weighted by Gasteiger charge is -2.17. The van der Waals surface area contributed by atoms with Gasteiger partial charge < -0.3 is 9.57 Å². The van der Waals surface area contributed by atoms with Crippen molar-refractivity contribution in [1.82, 2.24) is 5.06 Å². The molecular formula is C16H20N2O3. The minimum absolute atomic E-state index is 0.253. The van der Waals surface area contributed by atoms with Crippen LogP contribution in [-0.2, 0) is 9.53 Å². The van der Waals surface area contributed by atoms with E-state index in [1.54, 1.807) is 24.4 Å². The number of aliphatic imine (C=N–C) groups is 1. The predicted molar refractivity (Wildman–Crippen MR) is 82.9 cm³/mol. The van der Waals surface area contributed by atoms with Gasteiger partial charge in [-0.2, -0.15) is 0 Å². The minimum Gasteiger partial charge on any atom is -0.372 e. The number of nitrogens with zero attached hydrogens (tertiary/aromatic N) is 2. The van der Waals surface area contributed by atoms with E-state index in [-0.39, 0.29) is 12.6 Å². The number of carbonyl (C=O) groups excluding carboxylic acids is 1. The minimum atomic E-state index is -0.253. The van der Waals surface area contributed by atoms with E-state index in [4.69, 9.17) is 9.57 Å². The number of hydrogen-bond acceptors (Lipinski definition) is 4. The second kappa shape index (κ2) is 9.50. The van der Waals surface area contributed by atoms with Crippen LogP contribution in [0.15, 0.2) is 59.8 Å². The molecule has 0 aliphatic heterocycles. The maximum Gasteiger partial charge on any atom is 0.256 e. The van der Waals surface area contributed by atoms with Crippen LogP contribution in [0.1, 0.15) is 13.8 Å². The van der Waals surface area contributed by atoms with Crippen LogP contribution in [0.4, 0.5) is 0 Å². The standard InChI is InChI=1S/C16H20N2O3/c1-4-15(11-17-13-20-5-2)12-18(14(3)19)21-16-9-7-6-8-10-16/h4,6-12H,1,5,13H2,2-3H3/b15-12-,17-11?. The summed E-state index contributed by atoms with van der Waals surface area (Å²) < 4.78 is 5.11. The normalized spacial score (nSPS) is 11.4. The van der Waals surface area contributed by atoms with Gasteiger partial charge in [0.1, 0.15) is 6.73 Å². The number of allylic oxidation sites excluding steroid dienone is 2. The number of hydroxylamine groups is 2. The molecule has 1 rings (SSSR count). The highest BCUT2D eigenvalue weighted by molar-refractivity contribution is 5.83. The zero-order chi connectivity index (χ0) is 15.5. The Kier molecular flexibility index (Phi) is 7.53. The van der Waals surface area contributed by atoms with E-state index in [1.807, 2.05) is 25.1 Å². The Morgan fingerprint density at radius 2 is 2.10 bits per heavy atom. The molecule has 0 atom stereocenters. The summed E-state index contributed by atoms with van der Waals surface area (Å²) in [5, 5.41) is 1.14. The highest BCUT2D eigenvalue weighted by Crippen LogP contribution is 2.12. The summed E-state index contributed by atoms with van der Waals surface area (Å²) in [4.78, 5) is 21.2. The highest BCUT2D eigenvalue weighted by atomic mass is 16.7. The van der Waals surface area contributed by atoms with Gasteiger partial charge in [-0.05, 0) is 19.1 Å². The lowest BCUT2D eigenvalue weighted by Crippen LogP contribution is -2.27. The third-order valence-corrected chi connectivity index (χ3v) is 2.37. The quantitative estimate of drug-likeness (QED) is 0.320. The molecule has 1 amide bonds. The summed E-state index contributed by atoms with van der Waals surface area (Å²) in [6.07, 6.45) is 4.68. The van der Waals surface area contributed by atoms with Gasteiger partial charge in [0.15, 0.2) is 5.75 Å². The van der Waals surface area contributed by atoms with Crippen molar-refractivity contribution < 1.29 is 14.4 Å². The third kappa shape index (κ3) is 6.54. The van der Waals surface area contributed by atoms with Crippen molar-refractivity contribution in [2.24, 2.45) is 4.99 Å². The van der Waals surface area contributed by atoms with Crippen LogP contribution in [-0.4, -0.2) is 30.5 Å². The summed E-state index contributed by atoms with van der Waals surface area (Å²) in [5.74, 6) is 0.315. The Bertz CT molecular complexity index is 510. The van der Waals surface area contributed by atoms with Gasteiger partial charge in [0.2, 0.25) is 0 Å². The number of ether oxygens (including phenoxy) is 1. The average molecular weight is 288 g/mol. The first-order chi connectivity index (χ1) is 10.2. The van der Waals surface area contributed by atoms with Crippen LogP contribution < -0.4 is 4.84 Å². The zero-order valence-electron chi connectivity index (χ0n) is 12.4. The number of hydrogen-bond donors (Lipinski definition) is 0. The van der Waals surface area contributed by atoms with E-state index in [1.165, 1.54) is 13.1 Å². The molecule has 1 aromatic carbocycles. The smallest absolute Gasteiger partial charge is 0.256 e. The molecule has 0 fully saturated rings. The van der Waals surface area contributed by atoms with E-state index in [0.717, 1.165) is 5.06 Å². The molecule has 21 heavy (non-hydrogen) atoms. The number of carbonyl (C=O) groups is 1. The van der Waals surface area contributed by atoms with Crippen molar-refractivity contribution in [1.29, 1.82) is 0 Å². The third-order valence-electron chi connectivity index (χ3n) is 2.37. The molecule has 0 heterocycles. The Labute approximate surface area is 125 Å². The summed E-state index contributed by atoms with van der Waals surface area (Å²) in [7, 11) is 0. The number of amides is 1. The largest absolute Gasteiger partial charge is 0.372 e. The molecule has 5 nitrogen and oxygen atoms in total. The average Bonchev–Trinajstić information content (AvgIpc) is 2.50. The van der Waals surface area contributed by atoms with Crippen LogP contribution in [0.5, 0.6) is 5.75 Å². The van der Waals surface area contributed by atoms with Crippen LogP contribution in [0.25, 0.3) is 0 Å². The Balaban J connectivity index is 2.78. The number of benzene rings is 1. The Morgan fingerprint density at radius 3 is 2.67 bits per heavy atom. The van der Waals surface area contributed by atoms with Crippen molar-refractivity contribution in [2.75, 3.05) is 13.3 Å².